The van der Waals surface area contributed by atoms with Crippen molar-refractivity contribution in [3.8, 4) is 0 Å². The summed E-state index contributed by atoms with van der Waals surface area (Å²) >= 11 is 0. The van der Waals surface area contributed by atoms with Gasteiger partial charge >= 0.3 is 0 Å². The molecule has 4 nitrogen and oxygen atoms in total. The van der Waals surface area contributed by atoms with E-state index >= 15 is 0 Å². The Kier molecular flexibility index (Phi) is 38.7. The van der Waals surface area contributed by atoms with E-state index in [0.29, 0.717) is 0 Å². The first kappa shape index (κ1) is 40.2. The molecule has 2 fully saturated rings. The molecule has 2 aliphatic carbocycles. The molecule has 0 aromatic heterocycles. The SMILES string of the molecule is CC.CC1CCC(C2CCCC(C(C)C)CC2)CC1.CCC.CCCCN.O.O.O. The summed E-state index contributed by atoms with van der Waals surface area (Å²) in [4.78, 5) is 0. The normalized spacial score (nSPS) is 25.0. The second-order valence-corrected chi connectivity index (χ2v) is 9.14. The van der Waals surface area contributed by atoms with Gasteiger partial charge in [-0.2, -0.15) is 0 Å². The van der Waals surface area contributed by atoms with Crippen LogP contribution >= 0.6 is 0 Å². The predicted molar refractivity (Wildman–Crippen MR) is 138 cm³/mol. The van der Waals surface area contributed by atoms with Gasteiger partial charge in [-0.05, 0) is 68.2 Å². The largest absolute Gasteiger partial charge is 0.412 e. The monoisotopic (exact) mass is 437 g/mol. The first-order chi connectivity index (χ1) is 13.0. The molecule has 2 aliphatic rings. The maximum absolute atomic E-state index is 5.14. The second kappa shape index (κ2) is 28.8. The van der Waals surface area contributed by atoms with E-state index in [0.717, 1.165) is 36.1 Å². The molecule has 0 radical (unpaired) electrons. The highest BCUT2D eigenvalue weighted by Crippen LogP contribution is 2.41. The smallest absolute Gasteiger partial charge is 0.00774 e. The van der Waals surface area contributed by atoms with Crippen molar-refractivity contribution in [1.29, 1.82) is 0 Å². The number of nitrogens with two attached hydrogens (primary N) is 1. The summed E-state index contributed by atoms with van der Waals surface area (Å²) in [6.45, 7) is 18.5. The molecule has 0 saturated heterocycles. The van der Waals surface area contributed by atoms with Crippen LogP contribution in [0.1, 0.15) is 132 Å². The Balaban J connectivity index is -0.000000138. The van der Waals surface area contributed by atoms with Crippen LogP contribution in [-0.4, -0.2) is 23.0 Å². The standard InChI is InChI=1S/C17H32.C4H11N.C3H8.C2H6.3H2O/c1-13(2)15-5-4-6-16(12-11-15)17-9-7-14(3)8-10-17;1-2-3-4-5;1-3-2;1-2;;;/h13-17H,4-12H2,1-3H3;2-5H2,1H3;3H2,1-2H3;1-2H3;3*1H2. The number of hydrogen-bond donors (Lipinski definition) is 1. The fourth-order valence-corrected chi connectivity index (χ4v) is 4.46. The maximum Gasteiger partial charge on any atom is -0.00774 e. The van der Waals surface area contributed by atoms with E-state index in [1.165, 1.54) is 64.2 Å². The molecular weight excluding hydrogens is 374 g/mol. The molecule has 2 saturated carbocycles. The van der Waals surface area contributed by atoms with E-state index in [9.17, 15) is 0 Å². The summed E-state index contributed by atoms with van der Waals surface area (Å²) in [6.07, 6.45) is 17.4. The van der Waals surface area contributed by atoms with E-state index in [4.69, 9.17) is 5.73 Å². The molecule has 0 aromatic rings. The number of hydrogen-bond acceptors (Lipinski definition) is 1. The van der Waals surface area contributed by atoms with Gasteiger partial charge in [0.05, 0.1) is 0 Å². The summed E-state index contributed by atoms with van der Waals surface area (Å²) in [6, 6.07) is 0. The third kappa shape index (κ3) is 21.1. The van der Waals surface area contributed by atoms with Gasteiger partial charge in [-0.1, -0.05) is 100 Å². The lowest BCUT2D eigenvalue weighted by Crippen LogP contribution is -2.20. The van der Waals surface area contributed by atoms with Gasteiger partial charge in [0, 0.05) is 0 Å². The van der Waals surface area contributed by atoms with Crippen LogP contribution in [0.3, 0.4) is 0 Å². The van der Waals surface area contributed by atoms with Crippen molar-refractivity contribution in [2.24, 2.45) is 35.3 Å². The highest BCUT2D eigenvalue weighted by molar-refractivity contribution is 4.80. The first-order valence-corrected chi connectivity index (χ1v) is 12.7. The summed E-state index contributed by atoms with van der Waals surface area (Å²) < 4.78 is 0. The summed E-state index contributed by atoms with van der Waals surface area (Å²) in [5.41, 5.74) is 5.14. The minimum atomic E-state index is 0. The fourth-order valence-electron chi connectivity index (χ4n) is 4.46. The Bertz CT molecular complexity index is 277. The maximum atomic E-state index is 5.14. The van der Waals surface area contributed by atoms with Crippen molar-refractivity contribution in [2.45, 2.75) is 132 Å². The summed E-state index contributed by atoms with van der Waals surface area (Å²) in [5, 5.41) is 0. The summed E-state index contributed by atoms with van der Waals surface area (Å²) in [7, 11) is 0. The molecular formula is C26H63NO3. The van der Waals surface area contributed by atoms with Crippen LogP contribution in [0.2, 0.25) is 0 Å². The van der Waals surface area contributed by atoms with E-state index in [2.05, 4.69) is 41.5 Å². The molecule has 8 N–H and O–H groups in total. The molecule has 2 rings (SSSR count). The Morgan fingerprint density at radius 2 is 1.17 bits per heavy atom. The van der Waals surface area contributed by atoms with E-state index in [-0.39, 0.29) is 16.4 Å². The Morgan fingerprint density at radius 3 is 1.53 bits per heavy atom. The highest BCUT2D eigenvalue weighted by Gasteiger charge is 2.28. The van der Waals surface area contributed by atoms with Crippen LogP contribution in [0.4, 0.5) is 0 Å². The Morgan fingerprint density at radius 1 is 0.733 bits per heavy atom. The van der Waals surface area contributed by atoms with Crippen LogP contribution in [0, 0.1) is 29.6 Å². The third-order valence-electron chi connectivity index (χ3n) is 6.29. The van der Waals surface area contributed by atoms with Gasteiger partial charge in [0.2, 0.25) is 0 Å². The molecule has 0 aliphatic heterocycles. The van der Waals surface area contributed by atoms with Gasteiger partial charge in [0.15, 0.2) is 0 Å². The van der Waals surface area contributed by atoms with Crippen LogP contribution in [0.15, 0.2) is 0 Å². The molecule has 0 aromatic carbocycles. The molecule has 30 heavy (non-hydrogen) atoms. The predicted octanol–water partition coefficient (Wildman–Crippen LogP) is 6.38. The van der Waals surface area contributed by atoms with Crippen LogP contribution in [-0.2, 0) is 0 Å². The lowest BCUT2D eigenvalue weighted by atomic mass is 9.74. The van der Waals surface area contributed by atoms with Gasteiger partial charge in [-0.3, -0.25) is 0 Å². The quantitative estimate of drug-likeness (QED) is 0.504. The molecule has 2 unspecified atom stereocenters. The molecule has 4 heteroatoms. The molecule has 0 amide bonds. The topological polar surface area (TPSA) is 121 Å². The average Bonchev–Trinajstić information content (AvgIpc) is 2.92. The van der Waals surface area contributed by atoms with Crippen molar-refractivity contribution in [1.82, 2.24) is 0 Å². The highest BCUT2D eigenvalue weighted by atomic mass is 16.0. The second-order valence-electron chi connectivity index (χ2n) is 9.14. The molecule has 2 atom stereocenters. The zero-order chi connectivity index (χ0) is 21.1. The van der Waals surface area contributed by atoms with Gasteiger partial charge < -0.3 is 22.2 Å². The lowest BCUT2D eigenvalue weighted by molar-refractivity contribution is 0.193. The minimum absolute atomic E-state index is 0. The van der Waals surface area contributed by atoms with Gasteiger partial charge in [-0.25, -0.2) is 0 Å². The minimum Gasteiger partial charge on any atom is -0.412 e. The van der Waals surface area contributed by atoms with Gasteiger partial charge in [-0.15, -0.1) is 0 Å². The van der Waals surface area contributed by atoms with E-state index in [1.54, 1.807) is 12.8 Å². The Labute approximate surface area is 191 Å². The number of rotatable bonds is 4. The van der Waals surface area contributed by atoms with Crippen LogP contribution < -0.4 is 5.73 Å². The first-order valence-electron chi connectivity index (χ1n) is 12.7. The van der Waals surface area contributed by atoms with Gasteiger partial charge in [0.25, 0.3) is 0 Å². The van der Waals surface area contributed by atoms with Gasteiger partial charge in [0.1, 0.15) is 0 Å². The average molecular weight is 438 g/mol. The van der Waals surface area contributed by atoms with Crippen molar-refractivity contribution in [3.63, 3.8) is 0 Å². The van der Waals surface area contributed by atoms with Crippen molar-refractivity contribution < 1.29 is 16.4 Å². The van der Waals surface area contributed by atoms with E-state index in [1.807, 2.05) is 13.8 Å². The van der Waals surface area contributed by atoms with Crippen molar-refractivity contribution in [2.75, 3.05) is 6.54 Å². The van der Waals surface area contributed by atoms with Crippen LogP contribution in [0.5, 0.6) is 0 Å². The van der Waals surface area contributed by atoms with Crippen LogP contribution in [0.25, 0.3) is 0 Å². The molecule has 0 bridgehead atoms. The third-order valence-corrected chi connectivity index (χ3v) is 6.29. The number of unbranched alkanes of at least 4 members (excludes halogenated alkanes) is 1. The molecule has 0 spiro atoms. The zero-order valence-corrected chi connectivity index (χ0v) is 22.2. The Hall–Kier alpha value is -0.160. The molecule has 0 heterocycles. The molecule has 190 valence electrons. The zero-order valence-electron chi connectivity index (χ0n) is 22.2. The van der Waals surface area contributed by atoms with Crippen molar-refractivity contribution >= 4 is 0 Å². The van der Waals surface area contributed by atoms with Crippen molar-refractivity contribution in [3.05, 3.63) is 0 Å². The summed E-state index contributed by atoms with van der Waals surface area (Å²) in [5.74, 6) is 5.14. The lowest BCUT2D eigenvalue weighted by Gasteiger charge is -2.32. The fraction of sp³-hybridized carbons (Fsp3) is 1.00. The van der Waals surface area contributed by atoms with E-state index < -0.39 is 0 Å².